The molecule has 25 heavy (non-hydrogen) atoms. The number of aliphatic imine (C=N–C) groups is 1. The van der Waals surface area contributed by atoms with Crippen LogP contribution in [-0.4, -0.2) is 49.5 Å². The third-order valence-corrected chi connectivity index (χ3v) is 4.43. The van der Waals surface area contributed by atoms with E-state index in [9.17, 15) is 4.79 Å². The number of guanidine groups is 1. The fourth-order valence-electron chi connectivity index (χ4n) is 2.97. The van der Waals surface area contributed by atoms with Crippen molar-refractivity contribution < 1.29 is 4.79 Å². The summed E-state index contributed by atoms with van der Waals surface area (Å²) in [6.45, 7) is 11.9. The molecule has 0 bridgehead atoms. The van der Waals surface area contributed by atoms with Crippen molar-refractivity contribution in [3.8, 4) is 0 Å². The van der Waals surface area contributed by atoms with Gasteiger partial charge in [-0.25, -0.2) is 0 Å². The minimum atomic E-state index is -0.355. The third kappa shape index (κ3) is 5.76. The molecule has 1 atom stereocenters. The van der Waals surface area contributed by atoms with Gasteiger partial charge in [0, 0.05) is 37.5 Å². The van der Waals surface area contributed by atoms with Crippen LogP contribution in [0.3, 0.4) is 0 Å². The highest BCUT2D eigenvalue weighted by Crippen LogP contribution is 2.26. The molecule has 2 N–H and O–H groups in total. The lowest BCUT2D eigenvalue weighted by Gasteiger charge is -2.22. The van der Waals surface area contributed by atoms with Gasteiger partial charge in [0.05, 0.1) is 6.54 Å². The standard InChI is InChI=1S/C20H32N4O/c1-5-21-19(23-13-12-22-18(25)20(2,3)4)24-14-11-17(15-24)16-9-7-6-8-10-16/h6-10,17H,5,11-15H2,1-4H3,(H,21,23)(H,22,25). The average Bonchev–Trinajstić information content (AvgIpc) is 3.07. The van der Waals surface area contributed by atoms with Gasteiger partial charge in [0.1, 0.15) is 0 Å². The number of hydrogen-bond donors (Lipinski definition) is 2. The van der Waals surface area contributed by atoms with Crippen molar-refractivity contribution in [3.05, 3.63) is 35.9 Å². The van der Waals surface area contributed by atoms with Crippen molar-refractivity contribution in [2.45, 2.75) is 40.0 Å². The van der Waals surface area contributed by atoms with Crippen molar-refractivity contribution in [3.63, 3.8) is 0 Å². The van der Waals surface area contributed by atoms with Gasteiger partial charge in [-0.2, -0.15) is 0 Å². The Morgan fingerprint density at radius 2 is 1.96 bits per heavy atom. The summed E-state index contributed by atoms with van der Waals surface area (Å²) >= 11 is 0. The quantitative estimate of drug-likeness (QED) is 0.490. The Hall–Kier alpha value is -2.04. The first kappa shape index (κ1) is 19.3. The van der Waals surface area contributed by atoms with Crippen LogP contribution in [0.1, 0.15) is 45.6 Å². The van der Waals surface area contributed by atoms with E-state index in [2.05, 4.69) is 52.8 Å². The summed E-state index contributed by atoms with van der Waals surface area (Å²) in [6, 6.07) is 10.7. The van der Waals surface area contributed by atoms with Gasteiger partial charge in [0.25, 0.3) is 0 Å². The average molecular weight is 345 g/mol. The molecule has 1 unspecified atom stereocenters. The molecule has 5 heteroatoms. The molecule has 1 aliphatic heterocycles. The number of rotatable bonds is 5. The molecule has 0 saturated carbocycles. The van der Waals surface area contributed by atoms with Crippen LogP contribution in [0, 0.1) is 5.41 Å². The topological polar surface area (TPSA) is 56.7 Å². The van der Waals surface area contributed by atoms with E-state index < -0.39 is 0 Å². The van der Waals surface area contributed by atoms with Gasteiger partial charge in [-0.1, -0.05) is 51.1 Å². The lowest BCUT2D eigenvalue weighted by atomic mass is 9.96. The zero-order valence-electron chi connectivity index (χ0n) is 16.0. The molecule has 1 aliphatic rings. The Morgan fingerprint density at radius 3 is 2.60 bits per heavy atom. The van der Waals surface area contributed by atoms with Crippen molar-refractivity contribution >= 4 is 11.9 Å². The van der Waals surface area contributed by atoms with Crippen LogP contribution in [0.5, 0.6) is 0 Å². The van der Waals surface area contributed by atoms with Crippen LogP contribution in [0.2, 0.25) is 0 Å². The van der Waals surface area contributed by atoms with E-state index >= 15 is 0 Å². The van der Waals surface area contributed by atoms with E-state index in [0.29, 0.717) is 19.0 Å². The second-order valence-electron chi connectivity index (χ2n) is 7.58. The van der Waals surface area contributed by atoms with E-state index in [1.165, 1.54) is 5.56 Å². The Bertz CT molecular complexity index is 577. The number of likely N-dealkylation sites (tertiary alicyclic amines) is 1. The van der Waals surface area contributed by atoms with E-state index in [-0.39, 0.29) is 11.3 Å². The van der Waals surface area contributed by atoms with E-state index in [1.807, 2.05) is 20.8 Å². The Kier molecular flexibility index (Phi) is 6.85. The van der Waals surface area contributed by atoms with Crippen molar-refractivity contribution in [2.75, 3.05) is 32.7 Å². The van der Waals surface area contributed by atoms with Crippen LogP contribution in [0.4, 0.5) is 0 Å². The molecular formula is C20H32N4O. The fraction of sp³-hybridized carbons (Fsp3) is 0.600. The zero-order chi connectivity index (χ0) is 18.3. The highest BCUT2D eigenvalue weighted by molar-refractivity contribution is 5.82. The summed E-state index contributed by atoms with van der Waals surface area (Å²) in [5.41, 5.74) is 1.05. The highest BCUT2D eigenvalue weighted by Gasteiger charge is 2.26. The first-order valence-corrected chi connectivity index (χ1v) is 9.28. The zero-order valence-corrected chi connectivity index (χ0v) is 16.0. The summed E-state index contributed by atoms with van der Waals surface area (Å²) in [4.78, 5) is 18.9. The molecule has 0 aromatic heterocycles. The molecule has 1 heterocycles. The smallest absolute Gasteiger partial charge is 0.225 e. The lowest BCUT2D eigenvalue weighted by molar-refractivity contribution is -0.128. The van der Waals surface area contributed by atoms with Gasteiger partial charge >= 0.3 is 0 Å². The second-order valence-corrected chi connectivity index (χ2v) is 7.58. The maximum atomic E-state index is 11.9. The number of hydrogen-bond acceptors (Lipinski definition) is 2. The SMILES string of the molecule is CCNC(=NCCNC(=O)C(C)(C)C)N1CCC(c2ccccc2)C1. The molecule has 138 valence electrons. The van der Waals surface area contributed by atoms with Crippen molar-refractivity contribution in [1.29, 1.82) is 0 Å². The molecule has 1 aromatic rings. The maximum Gasteiger partial charge on any atom is 0.225 e. The molecule has 0 aliphatic carbocycles. The normalized spacial score (nSPS) is 18.3. The first-order valence-electron chi connectivity index (χ1n) is 9.28. The summed E-state index contributed by atoms with van der Waals surface area (Å²) < 4.78 is 0. The number of amides is 1. The first-order chi connectivity index (χ1) is 11.9. The van der Waals surface area contributed by atoms with E-state index in [4.69, 9.17) is 4.99 Å². The van der Waals surface area contributed by atoms with Gasteiger partial charge in [0.2, 0.25) is 5.91 Å². The maximum absolute atomic E-state index is 11.9. The van der Waals surface area contributed by atoms with Gasteiger partial charge < -0.3 is 15.5 Å². The summed E-state index contributed by atoms with van der Waals surface area (Å²) in [7, 11) is 0. The molecule has 1 saturated heterocycles. The number of benzene rings is 1. The van der Waals surface area contributed by atoms with Gasteiger partial charge in [-0.05, 0) is 18.9 Å². The minimum absolute atomic E-state index is 0.0676. The second kappa shape index (κ2) is 8.88. The molecule has 5 nitrogen and oxygen atoms in total. The van der Waals surface area contributed by atoms with Crippen LogP contribution < -0.4 is 10.6 Å². The predicted octanol–water partition coefficient (Wildman–Crippen LogP) is 2.60. The molecule has 1 fully saturated rings. The third-order valence-electron chi connectivity index (χ3n) is 4.43. The molecule has 2 rings (SSSR count). The summed E-state index contributed by atoms with van der Waals surface area (Å²) in [5.74, 6) is 1.58. The van der Waals surface area contributed by atoms with Crippen LogP contribution >= 0.6 is 0 Å². The predicted molar refractivity (Wildman–Crippen MR) is 104 cm³/mol. The van der Waals surface area contributed by atoms with Crippen LogP contribution in [-0.2, 0) is 4.79 Å². The molecule has 1 amide bonds. The van der Waals surface area contributed by atoms with Crippen molar-refractivity contribution in [1.82, 2.24) is 15.5 Å². The van der Waals surface area contributed by atoms with E-state index in [0.717, 1.165) is 32.0 Å². The fourth-order valence-corrected chi connectivity index (χ4v) is 2.97. The van der Waals surface area contributed by atoms with Crippen LogP contribution in [0.25, 0.3) is 0 Å². The summed E-state index contributed by atoms with van der Waals surface area (Å²) in [5, 5.41) is 6.33. The molecule has 0 radical (unpaired) electrons. The monoisotopic (exact) mass is 344 g/mol. The number of carbonyl (C=O) groups is 1. The largest absolute Gasteiger partial charge is 0.357 e. The lowest BCUT2D eigenvalue weighted by Crippen LogP contribution is -2.41. The molecule has 0 spiro atoms. The molecular weight excluding hydrogens is 312 g/mol. The number of nitrogens with one attached hydrogen (secondary N) is 2. The van der Waals surface area contributed by atoms with Gasteiger partial charge in [-0.3, -0.25) is 9.79 Å². The number of carbonyl (C=O) groups excluding carboxylic acids is 1. The highest BCUT2D eigenvalue weighted by atomic mass is 16.2. The van der Waals surface area contributed by atoms with Gasteiger partial charge in [-0.15, -0.1) is 0 Å². The Labute approximate surface area is 151 Å². The Morgan fingerprint density at radius 1 is 1.24 bits per heavy atom. The van der Waals surface area contributed by atoms with Crippen LogP contribution in [0.15, 0.2) is 35.3 Å². The number of nitrogens with zero attached hydrogens (tertiary/aromatic N) is 2. The molecule has 1 aromatic carbocycles. The van der Waals surface area contributed by atoms with Gasteiger partial charge in [0.15, 0.2) is 5.96 Å². The Balaban J connectivity index is 1.89. The summed E-state index contributed by atoms with van der Waals surface area (Å²) in [6.07, 6.45) is 1.15. The van der Waals surface area contributed by atoms with E-state index in [1.54, 1.807) is 0 Å². The minimum Gasteiger partial charge on any atom is -0.357 e. The van der Waals surface area contributed by atoms with Crippen molar-refractivity contribution in [2.24, 2.45) is 10.4 Å².